The van der Waals surface area contributed by atoms with Crippen molar-refractivity contribution in [2.45, 2.75) is 0 Å². The molecule has 0 fully saturated rings. The quantitative estimate of drug-likeness (QED) is 0.697. The Bertz CT molecular complexity index is 327. The summed E-state index contributed by atoms with van der Waals surface area (Å²) in [5.41, 5.74) is -0.0122. The van der Waals surface area contributed by atoms with Crippen molar-refractivity contribution in [2.24, 2.45) is 0 Å². The average Bonchev–Trinajstić information content (AvgIpc) is 2.16. The second kappa shape index (κ2) is 3.70. The average molecular weight is 183 g/mol. The number of carbonyl (C=O) groups is 1. The molecule has 0 saturated carbocycles. The van der Waals surface area contributed by atoms with Crippen molar-refractivity contribution in [1.29, 1.82) is 0 Å². The van der Waals surface area contributed by atoms with E-state index in [1.165, 1.54) is 13.2 Å². The number of hydrogen-bond acceptors (Lipinski definition) is 5. The zero-order valence-corrected chi connectivity index (χ0v) is 7.24. The molecule has 0 radical (unpaired) electrons. The van der Waals surface area contributed by atoms with Gasteiger partial charge < -0.3 is 15.2 Å². The summed E-state index contributed by atoms with van der Waals surface area (Å²) in [5, 5.41) is 18.7. The number of nitrogens with one attached hydrogen (secondary N) is 1. The van der Waals surface area contributed by atoms with E-state index in [0.717, 1.165) is 0 Å². The highest BCUT2D eigenvalue weighted by atomic mass is 16.5. The van der Waals surface area contributed by atoms with Gasteiger partial charge in [-0.1, -0.05) is 0 Å². The number of rotatable bonds is 3. The van der Waals surface area contributed by atoms with E-state index in [2.05, 4.69) is 15.5 Å². The molecule has 0 aliphatic rings. The van der Waals surface area contributed by atoms with Crippen molar-refractivity contribution in [2.75, 3.05) is 19.5 Å². The van der Waals surface area contributed by atoms with Crippen LogP contribution in [0.4, 0.5) is 5.82 Å². The van der Waals surface area contributed by atoms with Gasteiger partial charge in [-0.2, -0.15) is 0 Å². The van der Waals surface area contributed by atoms with E-state index in [9.17, 15) is 4.79 Å². The third kappa shape index (κ3) is 1.84. The Morgan fingerprint density at radius 3 is 2.77 bits per heavy atom. The van der Waals surface area contributed by atoms with Crippen LogP contribution in [0.1, 0.15) is 10.4 Å². The molecule has 0 saturated heterocycles. The molecule has 6 heteroatoms. The van der Waals surface area contributed by atoms with Crippen LogP contribution in [0.5, 0.6) is 5.88 Å². The van der Waals surface area contributed by atoms with Crippen molar-refractivity contribution in [1.82, 2.24) is 10.2 Å². The smallest absolute Gasteiger partial charge is 0.341 e. The van der Waals surface area contributed by atoms with Crippen molar-refractivity contribution >= 4 is 11.8 Å². The summed E-state index contributed by atoms with van der Waals surface area (Å²) in [4.78, 5) is 10.7. The van der Waals surface area contributed by atoms with E-state index < -0.39 is 5.97 Å². The zero-order chi connectivity index (χ0) is 9.84. The lowest BCUT2D eigenvalue weighted by Crippen LogP contribution is -2.06. The standard InChI is InChI=1S/C7H9N3O3/c1-8-5-3-4(7(11)12)6(13-2)10-9-5/h3H,1-2H3,(H,8,9)(H,11,12). The molecule has 70 valence electrons. The topological polar surface area (TPSA) is 84.3 Å². The van der Waals surface area contributed by atoms with E-state index in [0.29, 0.717) is 5.82 Å². The third-order valence-corrected chi connectivity index (χ3v) is 1.44. The van der Waals surface area contributed by atoms with Gasteiger partial charge in [-0.05, 0) is 0 Å². The molecule has 0 spiro atoms. The molecule has 0 bridgehead atoms. The lowest BCUT2D eigenvalue weighted by atomic mass is 10.3. The zero-order valence-electron chi connectivity index (χ0n) is 7.24. The summed E-state index contributed by atoms with van der Waals surface area (Å²) in [6.07, 6.45) is 0. The fourth-order valence-corrected chi connectivity index (χ4v) is 0.807. The van der Waals surface area contributed by atoms with Crippen LogP contribution in [0.3, 0.4) is 0 Å². The summed E-state index contributed by atoms with van der Waals surface area (Å²) in [6.45, 7) is 0. The van der Waals surface area contributed by atoms with Crippen LogP contribution < -0.4 is 10.1 Å². The SMILES string of the molecule is CNc1cc(C(=O)O)c(OC)nn1. The summed E-state index contributed by atoms with van der Waals surface area (Å²) in [7, 11) is 2.97. The highest BCUT2D eigenvalue weighted by Crippen LogP contribution is 2.16. The number of nitrogens with zero attached hydrogens (tertiary/aromatic N) is 2. The second-order valence-corrected chi connectivity index (χ2v) is 2.21. The molecule has 6 nitrogen and oxygen atoms in total. The van der Waals surface area contributed by atoms with Crippen molar-refractivity contribution in [3.05, 3.63) is 11.6 Å². The van der Waals surface area contributed by atoms with Crippen molar-refractivity contribution < 1.29 is 14.6 Å². The fourth-order valence-electron chi connectivity index (χ4n) is 0.807. The van der Waals surface area contributed by atoms with Gasteiger partial charge in [0.1, 0.15) is 11.4 Å². The van der Waals surface area contributed by atoms with E-state index >= 15 is 0 Å². The van der Waals surface area contributed by atoms with E-state index in [1.54, 1.807) is 7.05 Å². The molecule has 1 rings (SSSR count). The summed E-state index contributed by atoms with van der Waals surface area (Å²) in [6, 6.07) is 1.36. The first-order valence-corrected chi connectivity index (χ1v) is 3.51. The molecule has 0 amide bonds. The normalized spacial score (nSPS) is 9.38. The Morgan fingerprint density at radius 2 is 2.31 bits per heavy atom. The lowest BCUT2D eigenvalue weighted by molar-refractivity contribution is 0.0692. The lowest BCUT2D eigenvalue weighted by Gasteiger charge is -2.03. The molecule has 13 heavy (non-hydrogen) atoms. The molecule has 2 N–H and O–H groups in total. The number of methoxy groups -OCH3 is 1. The minimum Gasteiger partial charge on any atom is -0.479 e. The Balaban J connectivity index is 3.18. The Labute approximate surface area is 74.6 Å². The van der Waals surface area contributed by atoms with Gasteiger partial charge in [0.15, 0.2) is 0 Å². The molecule has 0 atom stereocenters. The first kappa shape index (κ1) is 9.24. The highest BCUT2D eigenvalue weighted by Gasteiger charge is 2.13. The van der Waals surface area contributed by atoms with Crippen LogP contribution in [0, 0.1) is 0 Å². The summed E-state index contributed by atoms with van der Waals surface area (Å²) < 4.78 is 4.72. The van der Waals surface area contributed by atoms with Gasteiger partial charge in [-0.15, -0.1) is 10.2 Å². The monoisotopic (exact) mass is 183 g/mol. The summed E-state index contributed by atoms with van der Waals surface area (Å²) in [5.74, 6) is -0.701. The molecule has 1 aromatic rings. The van der Waals surface area contributed by atoms with E-state index in [-0.39, 0.29) is 11.4 Å². The number of carboxylic acid groups (broad SMARTS) is 1. The number of anilines is 1. The van der Waals surface area contributed by atoms with Crippen LogP contribution in [0.25, 0.3) is 0 Å². The maximum Gasteiger partial charge on any atom is 0.341 e. The Kier molecular flexibility index (Phi) is 2.63. The molecule has 0 unspecified atom stereocenters. The third-order valence-electron chi connectivity index (χ3n) is 1.44. The highest BCUT2D eigenvalue weighted by molar-refractivity contribution is 5.90. The number of aromatic carboxylic acids is 1. The van der Waals surface area contributed by atoms with Gasteiger partial charge in [0.05, 0.1) is 7.11 Å². The van der Waals surface area contributed by atoms with Gasteiger partial charge in [-0.25, -0.2) is 4.79 Å². The number of aromatic nitrogens is 2. The largest absolute Gasteiger partial charge is 0.479 e. The van der Waals surface area contributed by atoms with Crippen molar-refractivity contribution in [3.8, 4) is 5.88 Å². The molecular formula is C7H9N3O3. The maximum atomic E-state index is 10.7. The predicted molar refractivity (Wildman–Crippen MR) is 45.1 cm³/mol. The van der Waals surface area contributed by atoms with Gasteiger partial charge >= 0.3 is 5.97 Å². The van der Waals surface area contributed by atoms with Crippen LogP contribution in [-0.2, 0) is 0 Å². The Hall–Kier alpha value is -1.85. The number of ether oxygens (including phenoxy) is 1. The predicted octanol–water partition coefficient (Wildman–Crippen LogP) is 0.225. The van der Waals surface area contributed by atoms with Crippen LogP contribution in [0.15, 0.2) is 6.07 Å². The first-order chi connectivity index (χ1) is 6.19. The minimum absolute atomic E-state index is 0.00602. The molecule has 0 aliphatic heterocycles. The molecular weight excluding hydrogens is 174 g/mol. The molecule has 1 heterocycles. The van der Waals surface area contributed by atoms with E-state index in [1.807, 2.05) is 0 Å². The molecule has 1 aromatic heterocycles. The van der Waals surface area contributed by atoms with Gasteiger partial charge in [0, 0.05) is 13.1 Å². The van der Waals surface area contributed by atoms with Crippen molar-refractivity contribution in [3.63, 3.8) is 0 Å². The number of carboxylic acids is 1. The van der Waals surface area contributed by atoms with Crippen LogP contribution >= 0.6 is 0 Å². The maximum absolute atomic E-state index is 10.7. The number of hydrogen-bond donors (Lipinski definition) is 2. The van der Waals surface area contributed by atoms with Crippen LogP contribution in [0.2, 0.25) is 0 Å². The van der Waals surface area contributed by atoms with Gasteiger partial charge in [-0.3, -0.25) is 0 Å². The van der Waals surface area contributed by atoms with Crippen LogP contribution in [-0.4, -0.2) is 35.4 Å². The fraction of sp³-hybridized carbons (Fsp3) is 0.286. The van der Waals surface area contributed by atoms with E-state index in [4.69, 9.17) is 9.84 Å². The summed E-state index contributed by atoms with van der Waals surface area (Å²) >= 11 is 0. The molecule has 0 aliphatic carbocycles. The minimum atomic E-state index is -1.09. The first-order valence-electron chi connectivity index (χ1n) is 3.51. The Morgan fingerprint density at radius 1 is 1.62 bits per heavy atom. The second-order valence-electron chi connectivity index (χ2n) is 2.21. The van der Waals surface area contributed by atoms with Gasteiger partial charge in [0.25, 0.3) is 0 Å². The molecule has 0 aromatic carbocycles. The van der Waals surface area contributed by atoms with Gasteiger partial charge in [0.2, 0.25) is 5.88 Å².